The van der Waals surface area contributed by atoms with E-state index in [1.165, 1.54) is 4.90 Å². The maximum atomic E-state index is 12.5. The van der Waals surface area contributed by atoms with Crippen LogP contribution in [0.1, 0.15) is 12.0 Å². The van der Waals surface area contributed by atoms with Gasteiger partial charge >= 0.3 is 0 Å². The molecule has 5 nitrogen and oxygen atoms in total. The SMILES string of the molecule is COc1ccc(CNC2CC(=O)N(c3ccc(Cl)cc3)C2=O)cc1. The van der Waals surface area contributed by atoms with Crippen molar-refractivity contribution in [3.63, 3.8) is 0 Å². The second-order valence-electron chi connectivity index (χ2n) is 5.53. The predicted molar refractivity (Wildman–Crippen MR) is 92.2 cm³/mol. The molecule has 0 aliphatic carbocycles. The standard InChI is InChI=1S/C18H17ClN2O3/c1-24-15-8-2-12(3-9-15)11-20-16-10-17(22)21(18(16)23)14-6-4-13(19)5-7-14/h2-9,16,20H,10-11H2,1H3. The topological polar surface area (TPSA) is 58.6 Å². The number of carbonyl (C=O) groups excluding carboxylic acids is 2. The van der Waals surface area contributed by atoms with E-state index in [0.717, 1.165) is 11.3 Å². The highest BCUT2D eigenvalue weighted by atomic mass is 35.5. The van der Waals surface area contributed by atoms with Crippen LogP contribution in [-0.4, -0.2) is 25.0 Å². The maximum Gasteiger partial charge on any atom is 0.251 e. The quantitative estimate of drug-likeness (QED) is 0.847. The Morgan fingerprint density at radius 1 is 1.12 bits per heavy atom. The number of rotatable bonds is 5. The summed E-state index contributed by atoms with van der Waals surface area (Å²) in [5.74, 6) is 0.324. The Balaban J connectivity index is 1.66. The van der Waals surface area contributed by atoms with Gasteiger partial charge in [0.2, 0.25) is 5.91 Å². The normalized spacial score (nSPS) is 17.4. The average Bonchev–Trinajstić information content (AvgIpc) is 2.88. The van der Waals surface area contributed by atoms with Crippen LogP contribution in [-0.2, 0) is 16.1 Å². The lowest BCUT2D eigenvalue weighted by Crippen LogP contribution is -2.38. The fourth-order valence-electron chi connectivity index (χ4n) is 2.64. The van der Waals surface area contributed by atoms with E-state index in [2.05, 4.69) is 5.32 Å². The summed E-state index contributed by atoms with van der Waals surface area (Å²) in [7, 11) is 1.61. The van der Waals surface area contributed by atoms with Crippen LogP contribution in [0.5, 0.6) is 5.75 Å². The third-order valence-corrected chi connectivity index (χ3v) is 4.20. The lowest BCUT2D eigenvalue weighted by molar-refractivity contribution is -0.121. The van der Waals surface area contributed by atoms with Gasteiger partial charge in [-0.05, 0) is 42.0 Å². The third-order valence-electron chi connectivity index (χ3n) is 3.94. The van der Waals surface area contributed by atoms with Gasteiger partial charge in [-0.25, -0.2) is 4.90 Å². The van der Waals surface area contributed by atoms with Gasteiger partial charge in [-0.1, -0.05) is 23.7 Å². The minimum absolute atomic E-state index is 0.150. The van der Waals surface area contributed by atoms with E-state index in [0.29, 0.717) is 17.3 Å². The number of anilines is 1. The van der Waals surface area contributed by atoms with Crippen LogP contribution >= 0.6 is 11.6 Å². The molecule has 0 aromatic heterocycles. The maximum absolute atomic E-state index is 12.5. The highest BCUT2D eigenvalue weighted by molar-refractivity contribution is 6.30. The van der Waals surface area contributed by atoms with E-state index in [-0.39, 0.29) is 18.2 Å². The molecule has 1 aliphatic heterocycles. The molecule has 1 fully saturated rings. The summed E-state index contributed by atoms with van der Waals surface area (Å²) in [6.45, 7) is 0.502. The first-order chi connectivity index (χ1) is 11.6. The van der Waals surface area contributed by atoms with Crippen LogP contribution in [0.15, 0.2) is 48.5 Å². The molecule has 0 bridgehead atoms. The number of hydrogen-bond acceptors (Lipinski definition) is 4. The highest BCUT2D eigenvalue weighted by Crippen LogP contribution is 2.24. The van der Waals surface area contributed by atoms with Gasteiger partial charge < -0.3 is 10.1 Å². The molecule has 3 rings (SSSR count). The Hall–Kier alpha value is -2.37. The Kier molecular flexibility index (Phi) is 4.83. The van der Waals surface area contributed by atoms with E-state index >= 15 is 0 Å². The first-order valence-electron chi connectivity index (χ1n) is 7.57. The van der Waals surface area contributed by atoms with Crippen molar-refractivity contribution in [3.05, 3.63) is 59.1 Å². The number of amides is 2. The van der Waals surface area contributed by atoms with Crippen LogP contribution in [0, 0.1) is 0 Å². The lowest BCUT2D eigenvalue weighted by Gasteiger charge is -2.15. The Morgan fingerprint density at radius 2 is 1.79 bits per heavy atom. The minimum atomic E-state index is -0.518. The van der Waals surface area contributed by atoms with E-state index in [9.17, 15) is 9.59 Å². The van der Waals surface area contributed by atoms with Crippen LogP contribution in [0.2, 0.25) is 5.02 Å². The molecule has 6 heteroatoms. The molecule has 124 valence electrons. The molecular formula is C18H17ClN2O3. The summed E-state index contributed by atoms with van der Waals surface area (Å²) in [5.41, 5.74) is 1.56. The minimum Gasteiger partial charge on any atom is -0.497 e. The lowest BCUT2D eigenvalue weighted by atomic mass is 10.2. The van der Waals surface area contributed by atoms with Gasteiger partial charge in [-0.2, -0.15) is 0 Å². The van der Waals surface area contributed by atoms with Gasteiger partial charge in [0.1, 0.15) is 5.75 Å². The second kappa shape index (κ2) is 7.03. The van der Waals surface area contributed by atoms with Gasteiger partial charge in [0.25, 0.3) is 5.91 Å². The van der Waals surface area contributed by atoms with Gasteiger partial charge in [0, 0.05) is 11.6 Å². The molecule has 1 heterocycles. The molecule has 1 aliphatic rings. The number of benzene rings is 2. The fraction of sp³-hybridized carbons (Fsp3) is 0.222. The number of halogens is 1. The molecule has 2 aromatic carbocycles. The number of imide groups is 1. The summed E-state index contributed by atoms with van der Waals surface area (Å²) in [6.07, 6.45) is 0.150. The number of nitrogens with one attached hydrogen (secondary N) is 1. The highest BCUT2D eigenvalue weighted by Gasteiger charge is 2.39. The molecule has 0 saturated carbocycles. The van der Waals surface area contributed by atoms with Crippen LogP contribution < -0.4 is 15.0 Å². The molecule has 1 unspecified atom stereocenters. The van der Waals surface area contributed by atoms with Crippen molar-refractivity contribution in [2.24, 2.45) is 0 Å². The summed E-state index contributed by atoms with van der Waals surface area (Å²) in [5, 5.41) is 3.71. The Morgan fingerprint density at radius 3 is 2.42 bits per heavy atom. The van der Waals surface area contributed by atoms with Crippen molar-refractivity contribution < 1.29 is 14.3 Å². The number of methoxy groups -OCH3 is 1. The zero-order valence-electron chi connectivity index (χ0n) is 13.2. The molecule has 1 atom stereocenters. The summed E-state index contributed by atoms with van der Waals surface area (Å²) in [6, 6.07) is 13.7. The first-order valence-corrected chi connectivity index (χ1v) is 7.95. The van der Waals surface area contributed by atoms with Crippen molar-refractivity contribution in [2.75, 3.05) is 12.0 Å². The molecule has 1 N–H and O–H groups in total. The van der Waals surface area contributed by atoms with Crippen LogP contribution in [0.3, 0.4) is 0 Å². The summed E-state index contributed by atoms with van der Waals surface area (Å²) >= 11 is 5.85. The smallest absolute Gasteiger partial charge is 0.251 e. The van der Waals surface area contributed by atoms with Crippen molar-refractivity contribution in [1.29, 1.82) is 0 Å². The van der Waals surface area contributed by atoms with Gasteiger partial charge in [-0.3, -0.25) is 9.59 Å². The fourth-order valence-corrected chi connectivity index (χ4v) is 2.76. The number of ether oxygens (including phenoxy) is 1. The molecule has 0 radical (unpaired) electrons. The first kappa shape index (κ1) is 16.5. The average molecular weight is 345 g/mol. The Labute approximate surface area is 145 Å². The van der Waals surface area contributed by atoms with Gasteiger partial charge in [-0.15, -0.1) is 0 Å². The van der Waals surface area contributed by atoms with Crippen molar-refractivity contribution in [2.45, 2.75) is 19.0 Å². The van der Waals surface area contributed by atoms with Crippen molar-refractivity contribution in [3.8, 4) is 5.75 Å². The molecule has 2 aromatic rings. The predicted octanol–water partition coefficient (Wildman–Crippen LogP) is 2.77. The summed E-state index contributed by atoms with van der Waals surface area (Å²) < 4.78 is 5.11. The van der Waals surface area contributed by atoms with Crippen molar-refractivity contribution >= 4 is 29.1 Å². The summed E-state index contributed by atoms with van der Waals surface area (Å²) in [4.78, 5) is 25.9. The zero-order chi connectivity index (χ0) is 17.1. The number of hydrogen-bond donors (Lipinski definition) is 1. The number of carbonyl (C=O) groups is 2. The molecule has 24 heavy (non-hydrogen) atoms. The van der Waals surface area contributed by atoms with Gasteiger partial charge in [0.05, 0.1) is 25.3 Å². The monoisotopic (exact) mass is 344 g/mol. The zero-order valence-corrected chi connectivity index (χ0v) is 13.9. The van der Waals surface area contributed by atoms with Crippen LogP contribution in [0.25, 0.3) is 0 Å². The van der Waals surface area contributed by atoms with E-state index in [4.69, 9.17) is 16.3 Å². The molecule has 0 spiro atoms. The van der Waals surface area contributed by atoms with Gasteiger partial charge in [0.15, 0.2) is 0 Å². The largest absolute Gasteiger partial charge is 0.497 e. The van der Waals surface area contributed by atoms with E-state index in [1.54, 1.807) is 31.4 Å². The molecule has 2 amide bonds. The van der Waals surface area contributed by atoms with Crippen LogP contribution in [0.4, 0.5) is 5.69 Å². The molecule has 1 saturated heterocycles. The second-order valence-corrected chi connectivity index (χ2v) is 5.97. The van der Waals surface area contributed by atoms with E-state index in [1.807, 2.05) is 24.3 Å². The molecular weight excluding hydrogens is 328 g/mol. The number of nitrogens with zero attached hydrogens (tertiary/aromatic N) is 1. The third kappa shape index (κ3) is 3.42. The van der Waals surface area contributed by atoms with Crippen molar-refractivity contribution in [1.82, 2.24) is 5.32 Å². The Bertz CT molecular complexity index is 744. The van der Waals surface area contributed by atoms with E-state index < -0.39 is 6.04 Å².